The van der Waals surface area contributed by atoms with Gasteiger partial charge in [-0.15, -0.1) is 11.3 Å². The van der Waals surface area contributed by atoms with Crippen molar-refractivity contribution >= 4 is 43.2 Å². The van der Waals surface area contributed by atoms with Gasteiger partial charge in [0.2, 0.25) is 0 Å². The number of nitrogens with zero attached hydrogens (tertiary/aromatic N) is 2. The zero-order chi connectivity index (χ0) is 11.4. The lowest BCUT2D eigenvalue weighted by molar-refractivity contribution is 0.789. The summed E-state index contributed by atoms with van der Waals surface area (Å²) in [5, 5.41) is 4.46. The third-order valence-corrected chi connectivity index (χ3v) is 4.04. The largest absolute Gasteiger partial charge is 0.356 e. The average Bonchev–Trinajstić information content (AvgIpc) is 2.78. The number of pyridine rings is 1. The Labute approximate surface area is 108 Å². The van der Waals surface area contributed by atoms with Crippen LogP contribution in [0.5, 0.6) is 0 Å². The van der Waals surface area contributed by atoms with Gasteiger partial charge in [0, 0.05) is 34.7 Å². The van der Waals surface area contributed by atoms with Crippen LogP contribution in [0.2, 0.25) is 0 Å². The summed E-state index contributed by atoms with van der Waals surface area (Å²) in [7, 11) is 0. The number of alkyl halides is 1. The maximum atomic E-state index is 4.52. The third-order valence-electron chi connectivity index (χ3n) is 2.60. The molecule has 0 spiro atoms. The van der Waals surface area contributed by atoms with E-state index in [1.165, 1.54) is 10.1 Å². The fourth-order valence-corrected chi connectivity index (χ4v) is 2.82. The maximum absolute atomic E-state index is 4.52. The SMILES string of the molecule is CCN(CCCBr)c1nccc2sccc12. The van der Waals surface area contributed by atoms with Gasteiger partial charge in [0.25, 0.3) is 0 Å². The number of fused-ring (bicyclic) bond motifs is 1. The van der Waals surface area contributed by atoms with E-state index in [4.69, 9.17) is 0 Å². The van der Waals surface area contributed by atoms with Crippen LogP contribution in [0.25, 0.3) is 10.1 Å². The highest BCUT2D eigenvalue weighted by atomic mass is 79.9. The van der Waals surface area contributed by atoms with E-state index in [0.29, 0.717) is 0 Å². The lowest BCUT2D eigenvalue weighted by Gasteiger charge is -2.22. The van der Waals surface area contributed by atoms with Crippen molar-refractivity contribution in [3.63, 3.8) is 0 Å². The van der Waals surface area contributed by atoms with E-state index in [9.17, 15) is 0 Å². The molecule has 0 saturated heterocycles. The molecule has 2 heterocycles. The van der Waals surface area contributed by atoms with Crippen molar-refractivity contribution in [3.05, 3.63) is 23.7 Å². The Balaban J connectivity index is 2.32. The molecule has 0 fully saturated rings. The van der Waals surface area contributed by atoms with Crippen molar-refractivity contribution in [1.29, 1.82) is 0 Å². The summed E-state index contributed by atoms with van der Waals surface area (Å²) >= 11 is 5.25. The first-order valence-corrected chi connectivity index (χ1v) is 7.50. The second kappa shape index (κ2) is 5.64. The molecule has 0 aliphatic heterocycles. The highest BCUT2D eigenvalue weighted by Crippen LogP contribution is 2.28. The molecule has 2 rings (SSSR count). The molecule has 0 aliphatic rings. The molecule has 0 radical (unpaired) electrons. The van der Waals surface area contributed by atoms with E-state index >= 15 is 0 Å². The van der Waals surface area contributed by atoms with Crippen LogP contribution in [0.3, 0.4) is 0 Å². The summed E-state index contributed by atoms with van der Waals surface area (Å²) in [4.78, 5) is 6.86. The Bertz CT molecular complexity index is 455. The quantitative estimate of drug-likeness (QED) is 0.778. The van der Waals surface area contributed by atoms with Crippen molar-refractivity contribution < 1.29 is 0 Å². The molecule has 0 aliphatic carbocycles. The highest BCUT2D eigenvalue weighted by Gasteiger charge is 2.09. The zero-order valence-electron chi connectivity index (χ0n) is 9.32. The number of halogens is 1. The Hall–Kier alpha value is -0.610. The molecule has 16 heavy (non-hydrogen) atoms. The van der Waals surface area contributed by atoms with Crippen LogP contribution in [0.4, 0.5) is 5.82 Å². The van der Waals surface area contributed by atoms with Gasteiger partial charge in [-0.25, -0.2) is 4.98 Å². The van der Waals surface area contributed by atoms with Gasteiger partial charge in [-0.05, 0) is 30.9 Å². The van der Waals surface area contributed by atoms with Gasteiger partial charge < -0.3 is 4.90 Å². The minimum Gasteiger partial charge on any atom is -0.356 e. The second-order valence-corrected chi connectivity index (χ2v) is 5.33. The Morgan fingerprint density at radius 1 is 1.44 bits per heavy atom. The fraction of sp³-hybridized carbons (Fsp3) is 0.417. The van der Waals surface area contributed by atoms with Gasteiger partial charge in [0.15, 0.2) is 0 Å². The fourth-order valence-electron chi connectivity index (χ4n) is 1.80. The minimum absolute atomic E-state index is 1.01. The Kier molecular flexibility index (Phi) is 4.18. The van der Waals surface area contributed by atoms with E-state index < -0.39 is 0 Å². The zero-order valence-corrected chi connectivity index (χ0v) is 11.7. The van der Waals surface area contributed by atoms with Crippen LogP contribution in [0, 0.1) is 0 Å². The van der Waals surface area contributed by atoms with Crippen molar-refractivity contribution in [1.82, 2.24) is 4.98 Å². The van der Waals surface area contributed by atoms with Crippen LogP contribution < -0.4 is 4.90 Å². The first kappa shape index (κ1) is 11.9. The summed E-state index contributed by atoms with van der Waals surface area (Å²) in [5.41, 5.74) is 0. The second-order valence-electron chi connectivity index (χ2n) is 3.59. The number of hydrogen-bond donors (Lipinski definition) is 0. The number of hydrogen-bond acceptors (Lipinski definition) is 3. The normalized spacial score (nSPS) is 10.9. The van der Waals surface area contributed by atoms with E-state index in [1.807, 2.05) is 6.20 Å². The number of aromatic nitrogens is 1. The number of thiophene rings is 1. The molecule has 0 bridgehead atoms. The molecular formula is C12H15BrN2S. The molecule has 2 nitrogen and oxygen atoms in total. The van der Waals surface area contributed by atoms with E-state index in [-0.39, 0.29) is 0 Å². The highest BCUT2D eigenvalue weighted by molar-refractivity contribution is 9.09. The molecule has 0 aromatic carbocycles. The predicted molar refractivity (Wildman–Crippen MR) is 75.9 cm³/mol. The van der Waals surface area contributed by atoms with E-state index in [0.717, 1.165) is 30.7 Å². The molecule has 0 atom stereocenters. The molecule has 4 heteroatoms. The molecule has 0 N–H and O–H groups in total. The number of rotatable bonds is 5. The molecular weight excluding hydrogens is 284 g/mol. The standard InChI is InChI=1S/C12H15BrN2S/c1-2-15(8-3-6-13)12-10-5-9-16-11(10)4-7-14-12/h4-5,7,9H,2-3,6,8H2,1H3. The molecule has 2 aromatic rings. The molecule has 0 unspecified atom stereocenters. The number of anilines is 1. The average molecular weight is 299 g/mol. The van der Waals surface area contributed by atoms with Crippen molar-refractivity contribution in [2.75, 3.05) is 23.3 Å². The van der Waals surface area contributed by atoms with Crippen LogP contribution in [-0.4, -0.2) is 23.4 Å². The summed E-state index contributed by atoms with van der Waals surface area (Å²) in [6, 6.07) is 4.25. The molecule has 2 aromatic heterocycles. The van der Waals surface area contributed by atoms with E-state index in [2.05, 4.69) is 50.3 Å². The first-order chi connectivity index (χ1) is 7.86. The predicted octanol–water partition coefficient (Wildman–Crippen LogP) is 3.91. The summed E-state index contributed by atoms with van der Waals surface area (Å²) in [6.07, 6.45) is 3.06. The molecule has 86 valence electrons. The monoisotopic (exact) mass is 298 g/mol. The van der Waals surface area contributed by atoms with Crippen LogP contribution in [0.1, 0.15) is 13.3 Å². The van der Waals surface area contributed by atoms with Crippen molar-refractivity contribution in [2.45, 2.75) is 13.3 Å². The van der Waals surface area contributed by atoms with Gasteiger partial charge in [-0.1, -0.05) is 15.9 Å². The summed E-state index contributed by atoms with van der Waals surface area (Å²) < 4.78 is 1.32. The van der Waals surface area contributed by atoms with Gasteiger partial charge in [-0.3, -0.25) is 0 Å². The molecule has 0 amide bonds. The topological polar surface area (TPSA) is 16.1 Å². The van der Waals surface area contributed by atoms with Crippen molar-refractivity contribution in [2.24, 2.45) is 0 Å². The Morgan fingerprint density at radius 2 is 2.31 bits per heavy atom. The summed E-state index contributed by atoms with van der Waals surface area (Å²) in [6.45, 7) is 4.25. The van der Waals surface area contributed by atoms with Gasteiger partial charge in [0.1, 0.15) is 5.82 Å². The van der Waals surface area contributed by atoms with Crippen molar-refractivity contribution in [3.8, 4) is 0 Å². The van der Waals surface area contributed by atoms with Gasteiger partial charge in [-0.2, -0.15) is 0 Å². The summed E-state index contributed by atoms with van der Waals surface area (Å²) in [5.74, 6) is 1.13. The molecule has 0 saturated carbocycles. The Morgan fingerprint density at radius 3 is 3.06 bits per heavy atom. The maximum Gasteiger partial charge on any atom is 0.137 e. The third kappa shape index (κ3) is 2.38. The lowest BCUT2D eigenvalue weighted by Crippen LogP contribution is -2.25. The van der Waals surface area contributed by atoms with Gasteiger partial charge in [0.05, 0.1) is 0 Å². The van der Waals surface area contributed by atoms with E-state index in [1.54, 1.807) is 11.3 Å². The lowest BCUT2D eigenvalue weighted by atomic mass is 10.3. The van der Waals surface area contributed by atoms with Gasteiger partial charge >= 0.3 is 0 Å². The van der Waals surface area contributed by atoms with Crippen LogP contribution >= 0.6 is 27.3 Å². The first-order valence-electron chi connectivity index (χ1n) is 5.50. The van der Waals surface area contributed by atoms with Crippen LogP contribution in [0.15, 0.2) is 23.7 Å². The minimum atomic E-state index is 1.01. The smallest absolute Gasteiger partial charge is 0.137 e. The van der Waals surface area contributed by atoms with Crippen LogP contribution in [-0.2, 0) is 0 Å².